The number of likely N-dealkylation sites (tertiary alicyclic amines) is 1. The van der Waals surface area contributed by atoms with E-state index in [9.17, 15) is 4.79 Å². The minimum absolute atomic E-state index is 0.130. The van der Waals surface area contributed by atoms with Crippen molar-refractivity contribution in [1.82, 2.24) is 19.9 Å². The van der Waals surface area contributed by atoms with Crippen LogP contribution in [0.15, 0.2) is 47.9 Å². The van der Waals surface area contributed by atoms with Crippen molar-refractivity contribution in [3.63, 3.8) is 0 Å². The Morgan fingerprint density at radius 1 is 1.11 bits per heavy atom. The van der Waals surface area contributed by atoms with Gasteiger partial charge in [0.2, 0.25) is 0 Å². The topological polar surface area (TPSA) is 71.5 Å². The number of methoxy groups -OCH3 is 1. The van der Waals surface area contributed by atoms with Crippen molar-refractivity contribution >= 4 is 52.4 Å². The SMILES string of the molecule is COC(=O)CC1CCN(Cc2cc(-c3cc(Cl)cc(Cl)c3)nc(N(C)c3cnc(SC)nc3)c2)CC1. The maximum Gasteiger partial charge on any atom is 0.305 e. The number of hydrogen-bond acceptors (Lipinski definition) is 8. The fraction of sp³-hybridized carbons (Fsp3) is 0.385. The first-order chi connectivity index (χ1) is 17.3. The van der Waals surface area contributed by atoms with Crippen LogP contribution in [-0.2, 0) is 16.1 Å². The molecule has 1 aliphatic heterocycles. The molecule has 0 aliphatic carbocycles. The van der Waals surface area contributed by atoms with Crippen molar-refractivity contribution in [3.8, 4) is 11.3 Å². The lowest BCUT2D eigenvalue weighted by molar-refractivity contribution is -0.142. The number of ether oxygens (including phenoxy) is 1. The zero-order chi connectivity index (χ0) is 25.7. The van der Waals surface area contributed by atoms with Crippen molar-refractivity contribution in [2.24, 2.45) is 5.92 Å². The van der Waals surface area contributed by atoms with E-state index in [1.165, 1.54) is 18.9 Å². The maximum absolute atomic E-state index is 11.7. The van der Waals surface area contributed by atoms with Gasteiger partial charge in [-0.1, -0.05) is 35.0 Å². The van der Waals surface area contributed by atoms with Gasteiger partial charge in [-0.05, 0) is 74.0 Å². The van der Waals surface area contributed by atoms with E-state index in [0.29, 0.717) is 22.4 Å². The Bertz CT molecular complexity index is 1180. The van der Waals surface area contributed by atoms with Gasteiger partial charge in [0.25, 0.3) is 0 Å². The van der Waals surface area contributed by atoms with E-state index in [1.807, 2.05) is 30.3 Å². The molecule has 1 fully saturated rings. The second-order valence-corrected chi connectivity index (χ2v) is 10.5. The molecule has 0 amide bonds. The minimum Gasteiger partial charge on any atom is -0.469 e. The largest absolute Gasteiger partial charge is 0.469 e. The fourth-order valence-electron chi connectivity index (χ4n) is 4.33. The second kappa shape index (κ2) is 12.2. The first kappa shape index (κ1) is 26.7. The van der Waals surface area contributed by atoms with Crippen LogP contribution in [0.4, 0.5) is 11.5 Å². The third-order valence-corrected chi connectivity index (χ3v) is 7.37. The molecule has 1 aromatic carbocycles. The van der Waals surface area contributed by atoms with Gasteiger partial charge in [-0.25, -0.2) is 15.0 Å². The molecule has 7 nitrogen and oxygen atoms in total. The molecule has 0 N–H and O–H groups in total. The number of hydrogen-bond donors (Lipinski definition) is 0. The molecule has 0 unspecified atom stereocenters. The molecule has 3 heterocycles. The van der Waals surface area contributed by atoms with Crippen LogP contribution < -0.4 is 4.90 Å². The number of benzene rings is 1. The number of halogens is 2. The number of pyridine rings is 1. The molecule has 1 aliphatic rings. The van der Waals surface area contributed by atoms with Crippen LogP contribution >= 0.6 is 35.0 Å². The zero-order valence-corrected chi connectivity index (χ0v) is 22.9. The molecule has 10 heteroatoms. The van der Waals surface area contributed by atoms with E-state index in [1.54, 1.807) is 18.5 Å². The Labute approximate surface area is 226 Å². The number of anilines is 2. The lowest BCUT2D eigenvalue weighted by Crippen LogP contribution is -2.34. The number of thioether (sulfide) groups is 1. The molecule has 0 radical (unpaired) electrons. The first-order valence-corrected chi connectivity index (χ1v) is 13.7. The van der Waals surface area contributed by atoms with Gasteiger partial charge in [-0.15, -0.1) is 0 Å². The van der Waals surface area contributed by atoms with Gasteiger partial charge in [-0.2, -0.15) is 0 Å². The number of nitrogens with zero attached hydrogens (tertiary/aromatic N) is 5. The summed E-state index contributed by atoms with van der Waals surface area (Å²) in [7, 11) is 3.40. The molecule has 3 aromatic rings. The monoisotopic (exact) mass is 545 g/mol. The lowest BCUT2D eigenvalue weighted by Gasteiger charge is -2.31. The third-order valence-electron chi connectivity index (χ3n) is 6.35. The van der Waals surface area contributed by atoms with Crippen molar-refractivity contribution in [1.29, 1.82) is 0 Å². The number of aromatic nitrogens is 3. The fourth-order valence-corrected chi connectivity index (χ4v) is 5.17. The van der Waals surface area contributed by atoms with Crippen LogP contribution in [0, 0.1) is 5.92 Å². The number of carbonyl (C=O) groups is 1. The van der Waals surface area contributed by atoms with Gasteiger partial charge in [0.15, 0.2) is 5.16 Å². The number of rotatable bonds is 8. The molecule has 2 aromatic heterocycles. The Hall–Kier alpha value is -2.39. The molecule has 0 bridgehead atoms. The van der Waals surface area contributed by atoms with Crippen LogP contribution in [-0.4, -0.2) is 59.3 Å². The molecule has 1 saturated heterocycles. The van der Waals surface area contributed by atoms with Gasteiger partial charge in [-0.3, -0.25) is 9.69 Å². The van der Waals surface area contributed by atoms with E-state index < -0.39 is 0 Å². The second-order valence-electron chi connectivity index (χ2n) is 8.86. The summed E-state index contributed by atoms with van der Waals surface area (Å²) in [4.78, 5) is 29.8. The standard InChI is InChI=1S/C26H29Cl2N5O2S/c1-32(22-14-29-26(36-3)30-15-22)24-9-18(8-23(31-24)19-11-20(27)13-21(28)12-19)16-33-6-4-17(5-7-33)10-25(34)35-2/h8-9,11-15,17H,4-7,10,16H2,1-3H3. The van der Waals surface area contributed by atoms with Gasteiger partial charge in [0.05, 0.1) is 30.9 Å². The van der Waals surface area contributed by atoms with Crippen LogP contribution in [0.3, 0.4) is 0 Å². The molecule has 36 heavy (non-hydrogen) atoms. The highest BCUT2D eigenvalue weighted by atomic mass is 35.5. The quantitative estimate of drug-likeness (QED) is 0.190. The van der Waals surface area contributed by atoms with Crippen molar-refractivity contribution < 1.29 is 9.53 Å². The van der Waals surface area contributed by atoms with E-state index >= 15 is 0 Å². The van der Waals surface area contributed by atoms with Gasteiger partial charge in [0, 0.05) is 35.6 Å². The zero-order valence-electron chi connectivity index (χ0n) is 20.6. The van der Waals surface area contributed by atoms with Crippen LogP contribution in [0.2, 0.25) is 10.0 Å². The summed E-state index contributed by atoms with van der Waals surface area (Å²) < 4.78 is 4.84. The van der Waals surface area contributed by atoms with E-state index in [2.05, 4.69) is 27.0 Å². The minimum atomic E-state index is -0.130. The molecular formula is C26H29Cl2N5O2S. The van der Waals surface area contributed by atoms with E-state index in [4.69, 9.17) is 32.9 Å². The summed E-state index contributed by atoms with van der Waals surface area (Å²) in [5.74, 6) is 1.02. The van der Waals surface area contributed by atoms with Gasteiger partial charge in [0.1, 0.15) is 5.82 Å². The maximum atomic E-state index is 11.7. The highest BCUT2D eigenvalue weighted by molar-refractivity contribution is 7.98. The molecular weight excluding hydrogens is 517 g/mol. The van der Waals surface area contributed by atoms with Gasteiger partial charge < -0.3 is 9.64 Å². The molecule has 0 atom stereocenters. The smallest absolute Gasteiger partial charge is 0.305 e. The molecule has 0 spiro atoms. The van der Waals surface area contributed by atoms with Crippen LogP contribution in [0.25, 0.3) is 11.3 Å². The summed E-state index contributed by atoms with van der Waals surface area (Å²) in [6, 6.07) is 9.65. The van der Waals surface area contributed by atoms with Gasteiger partial charge >= 0.3 is 5.97 Å². The highest BCUT2D eigenvalue weighted by Crippen LogP contribution is 2.31. The summed E-state index contributed by atoms with van der Waals surface area (Å²) >= 11 is 14.1. The Kier molecular flexibility index (Phi) is 9.06. The van der Waals surface area contributed by atoms with Crippen molar-refractivity contribution in [2.45, 2.75) is 31.0 Å². The number of piperidine rings is 1. The Balaban J connectivity index is 1.60. The van der Waals surface area contributed by atoms with E-state index in [0.717, 1.165) is 66.0 Å². The van der Waals surface area contributed by atoms with Crippen molar-refractivity contribution in [3.05, 3.63) is 58.3 Å². The van der Waals surface area contributed by atoms with E-state index in [-0.39, 0.29) is 5.97 Å². The van der Waals surface area contributed by atoms with Crippen LogP contribution in [0.1, 0.15) is 24.8 Å². The Morgan fingerprint density at radius 3 is 2.39 bits per heavy atom. The summed E-state index contributed by atoms with van der Waals surface area (Å²) in [5.41, 5.74) is 3.62. The third kappa shape index (κ3) is 6.88. The summed E-state index contributed by atoms with van der Waals surface area (Å²) in [6.45, 7) is 2.63. The predicted molar refractivity (Wildman–Crippen MR) is 146 cm³/mol. The summed E-state index contributed by atoms with van der Waals surface area (Å²) in [5, 5.41) is 1.85. The normalized spacial score (nSPS) is 14.6. The molecule has 4 rings (SSSR count). The Morgan fingerprint density at radius 2 is 1.78 bits per heavy atom. The highest BCUT2D eigenvalue weighted by Gasteiger charge is 2.22. The predicted octanol–water partition coefficient (Wildman–Crippen LogP) is 6.11. The molecule has 190 valence electrons. The molecule has 0 saturated carbocycles. The van der Waals surface area contributed by atoms with Crippen molar-refractivity contribution in [2.75, 3.05) is 38.4 Å². The summed E-state index contributed by atoms with van der Waals surface area (Å²) in [6.07, 6.45) is 7.99. The average molecular weight is 547 g/mol. The number of esters is 1. The average Bonchev–Trinajstić information content (AvgIpc) is 2.88. The van der Waals surface area contributed by atoms with Crippen LogP contribution in [0.5, 0.6) is 0 Å². The lowest BCUT2D eigenvalue weighted by atomic mass is 9.93. The first-order valence-electron chi connectivity index (χ1n) is 11.7. The number of carbonyl (C=O) groups excluding carboxylic acids is 1.